The molecular weight excluding hydrogens is 198 g/mol. The smallest absolute Gasteiger partial charge is 0.277 e. The van der Waals surface area contributed by atoms with Gasteiger partial charge >= 0.3 is 0 Å². The van der Waals surface area contributed by atoms with E-state index in [1.165, 1.54) is 37.6 Å². The largest absolute Gasteiger partial charge is 0.504 e. The summed E-state index contributed by atoms with van der Waals surface area (Å²) in [7, 11) is 1.42. The molecule has 0 N–H and O–H groups in total. The Morgan fingerprint density at radius 3 is 2.73 bits per heavy atom. The van der Waals surface area contributed by atoms with E-state index < -0.39 is 4.92 Å². The summed E-state index contributed by atoms with van der Waals surface area (Å²) < 4.78 is 4.66. The van der Waals surface area contributed by atoms with Crippen molar-refractivity contribution in [2.24, 2.45) is 0 Å². The fourth-order valence-corrected chi connectivity index (χ4v) is 1.15. The van der Waals surface area contributed by atoms with Gasteiger partial charge in [-0.25, -0.2) is 0 Å². The van der Waals surface area contributed by atoms with Crippen molar-refractivity contribution in [2.75, 3.05) is 7.11 Å². The highest BCUT2D eigenvalue weighted by molar-refractivity contribution is 5.84. The Morgan fingerprint density at radius 2 is 2.20 bits per heavy atom. The summed E-state index contributed by atoms with van der Waals surface area (Å²) in [5, 5.41) is 10.7. The van der Waals surface area contributed by atoms with Crippen molar-refractivity contribution in [3.05, 3.63) is 45.7 Å². The molecule has 15 heavy (non-hydrogen) atoms. The molecule has 0 amide bonds. The Labute approximate surface area is 86.1 Å². The summed E-state index contributed by atoms with van der Waals surface area (Å²) in [6, 6.07) is 4.31. The highest BCUT2D eigenvalue weighted by Crippen LogP contribution is 2.22. The van der Waals surface area contributed by atoms with Crippen LogP contribution in [0.1, 0.15) is 15.9 Å². The van der Waals surface area contributed by atoms with Crippen LogP contribution in [0, 0.1) is 10.1 Å². The van der Waals surface area contributed by atoms with Gasteiger partial charge < -0.3 is 4.74 Å². The van der Waals surface area contributed by atoms with Crippen molar-refractivity contribution in [3.8, 4) is 0 Å². The van der Waals surface area contributed by atoms with Crippen molar-refractivity contribution < 1.29 is 14.5 Å². The van der Waals surface area contributed by atoms with Gasteiger partial charge in [0.15, 0.2) is 6.29 Å². The topological polar surface area (TPSA) is 69.4 Å². The van der Waals surface area contributed by atoms with Crippen LogP contribution in [0.15, 0.2) is 24.5 Å². The van der Waals surface area contributed by atoms with Crippen LogP contribution in [0.5, 0.6) is 0 Å². The second kappa shape index (κ2) is 4.90. The van der Waals surface area contributed by atoms with Gasteiger partial charge in [-0.2, -0.15) is 0 Å². The van der Waals surface area contributed by atoms with Gasteiger partial charge in [0.2, 0.25) is 0 Å². The molecule has 0 saturated heterocycles. The molecule has 78 valence electrons. The highest BCUT2D eigenvalue weighted by Gasteiger charge is 2.14. The number of carbonyl (C=O) groups excluding carboxylic acids is 1. The molecule has 5 heteroatoms. The molecule has 0 aliphatic heterocycles. The maximum absolute atomic E-state index is 10.7. The first kappa shape index (κ1) is 10.9. The SMILES string of the molecule is CO/C=C\c1c(C=O)cccc1[N+](=O)[O-]. The zero-order valence-electron chi connectivity index (χ0n) is 8.04. The van der Waals surface area contributed by atoms with Gasteiger partial charge in [0.25, 0.3) is 5.69 Å². The van der Waals surface area contributed by atoms with Crippen molar-refractivity contribution in [1.29, 1.82) is 0 Å². The van der Waals surface area contributed by atoms with Crippen LogP contribution in [0.2, 0.25) is 0 Å². The van der Waals surface area contributed by atoms with Gasteiger partial charge in [-0.15, -0.1) is 0 Å². The second-order valence-electron chi connectivity index (χ2n) is 2.69. The summed E-state index contributed by atoms with van der Waals surface area (Å²) in [4.78, 5) is 20.8. The predicted octanol–water partition coefficient (Wildman–Crippen LogP) is 2.02. The monoisotopic (exact) mass is 207 g/mol. The van der Waals surface area contributed by atoms with Gasteiger partial charge in [0.1, 0.15) is 0 Å². The second-order valence-corrected chi connectivity index (χ2v) is 2.69. The van der Waals surface area contributed by atoms with E-state index in [-0.39, 0.29) is 16.8 Å². The maximum atomic E-state index is 10.7. The van der Waals surface area contributed by atoms with Gasteiger partial charge in [-0.05, 0) is 6.08 Å². The Balaban J connectivity index is 3.32. The Bertz CT molecular complexity index is 412. The minimum Gasteiger partial charge on any atom is -0.504 e. The molecule has 0 aliphatic rings. The maximum Gasteiger partial charge on any atom is 0.277 e. The standard InChI is InChI=1S/C10H9NO4/c1-15-6-5-9-8(7-12)3-2-4-10(9)11(13)14/h2-7H,1H3/b6-5-. The molecule has 0 saturated carbocycles. The van der Waals surface area contributed by atoms with E-state index >= 15 is 0 Å². The van der Waals surface area contributed by atoms with Crippen LogP contribution in [-0.2, 0) is 4.74 Å². The summed E-state index contributed by atoms with van der Waals surface area (Å²) >= 11 is 0. The molecule has 0 atom stereocenters. The number of aldehydes is 1. The molecule has 0 unspecified atom stereocenters. The summed E-state index contributed by atoms with van der Waals surface area (Å²) in [5.41, 5.74) is 0.393. The lowest BCUT2D eigenvalue weighted by Gasteiger charge is -2.00. The number of ether oxygens (including phenoxy) is 1. The van der Waals surface area contributed by atoms with E-state index in [0.717, 1.165) is 0 Å². The van der Waals surface area contributed by atoms with E-state index in [4.69, 9.17) is 0 Å². The Morgan fingerprint density at radius 1 is 1.47 bits per heavy atom. The van der Waals surface area contributed by atoms with Gasteiger partial charge in [0, 0.05) is 11.6 Å². The molecule has 0 aromatic heterocycles. The number of hydrogen-bond acceptors (Lipinski definition) is 4. The fraction of sp³-hybridized carbons (Fsp3) is 0.100. The van der Waals surface area contributed by atoms with Crippen LogP contribution in [0.3, 0.4) is 0 Å². The summed E-state index contributed by atoms with van der Waals surface area (Å²) in [5.74, 6) is 0. The first-order chi connectivity index (χ1) is 7.20. The van der Waals surface area contributed by atoms with Crippen LogP contribution in [-0.4, -0.2) is 18.3 Å². The van der Waals surface area contributed by atoms with Crippen LogP contribution >= 0.6 is 0 Å². The zero-order chi connectivity index (χ0) is 11.3. The molecule has 5 nitrogen and oxygen atoms in total. The highest BCUT2D eigenvalue weighted by atomic mass is 16.6. The third-order valence-electron chi connectivity index (χ3n) is 1.81. The quantitative estimate of drug-likeness (QED) is 0.328. The molecule has 0 bridgehead atoms. The molecule has 1 aromatic rings. The van der Waals surface area contributed by atoms with Crippen LogP contribution in [0.25, 0.3) is 6.08 Å². The van der Waals surface area contributed by atoms with Gasteiger partial charge in [0.05, 0.1) is 23.9 Å². The van der Waals surface area contributed by atoms with Crippen molar-refractivity contribution >= 4 is 18.0 Å². The van der Waals surface area contributed by atoms with Gasteiger partial charge in [-0.3, -0.25) is 14.9 Å². The molecule has 1 rings (SSSR count). The predicted molar refractivity (Wildman–Crippen MR) is 54.5 cm³/mol. The van der Waals surface area contributed by atoms with Crippen LogP contribution in [0.4, 0.5) is 5.69 Å². The normalized spacial score (nSPS) is 10.2. The number of methoxy groups -OCH3 is 1. The van der Waals surface area contributed by atoms with E-state index in [1.807, 2.05) is 0 Å². The van der Waals surface area contributed by atoms with E-state index in [0.29, 0.717) is 6.29 Å². The zero-order valence-corrected chi connectivity index (χ0v) is 8.04. The molecule has 0 radical (unpaired) electrons. The Hall–Kier alpha value is -2.17. The minimum absolute atomic E-state index is 0.118. The molecular formula is C10H9NO4. The Kier molecular flexibility index (Phi) is 3.56. The lowest BCUT2D eigenvalue weighted by atomic mass is 10.1. The summed E-state index contributed by atoms with van der Waals surface area (Å²) in [6.45, 7) is 0. The van der Waals surface area contributed by atoms with Crippen molar-refractivity contribution in [1.82, 2.24) is 0 Å². The van der Waals surface area contributed by atoms with E-state index in [1.54, 1.807) is 0 Å². The van der Waals surface area contributed by atoms with Crippen molar-refractivity contribution in [2.45, 2.75) is 0 Å². The molecule has 0 spiro atoms. The first-order valence-electron chi connectivity index (χ1n) is 4.12. The van der Waals surface area contributed by atoms with E-state index in [2.05, 4.69) is 4.74 Å². The van der Waals surface area contributed by atoms with Crippen molar-refractivity contribution in [3.63, 3.8) is 0 Å². The number of rotatable bonds is 4. The first-order valence-corrected chi connectivity index (χ1v) is 4.12. The fourth-order valence-electron chi connectivity index (χ4n) is 1.15. The van der Waals surface area contributed by atoms with E-state index in [9.17, 15) is 14.9 Å². The number of carbonyl (C=O) groups is 1. The lowest BCUT2D eigenvalue weighted by molar-refractivity contribution is -0.385. The third-order valence-corrected chi connectivity index (χ3v) is 1.81. The lowest BCUT2D eigenvalue weighted by Crippen LogP contribution is -1.95. The third kappa shape index (κ3) is 2.40. The number of nitro groups is 1. The number of nitrogens with zero attached hydrogens (tertiary/aromatic N) is 1. The summed E-state index contributed by atoms with van der Waals surface area (Å²) in [6.07, 6.45) is 3.25. The molecule has 0 heterocycles. The average Bonchev–Trinajstić information content (AvgIpc) is 2.25. The number of hydrogen-bond donors (Lipinski definition) is 0. The molecule has 1 aromatic carbocycles. The van der Waals surface area contributed by atoms with Gasteiger partial charge in [-0.1, -0.05) is 12.1 Å². The molecule has 0 fully saturated rings. The van der Waals surface area contributed by atoms with Crippen LogP contribution < -0.4 is 0 Å². The minimum atomic E-state index is -0.539. The average molecular weight is 207 g/mol. The number of benzene rings is 1. The number of nitro benzene ring substituents is 1. The molecule has 0 aliphatic carbocycles.